The van der Waals surface area contributed by atoms with Gasteiger partial charge in [-0.15, -0.1) is 0 Å². The van der Waals surface area contributed by atoms with Gasteiger partial charge in [0.15, 0.2) is 0 Å². The third-order valence-electron chi connectivity index (χ3n) is 3.64. The first-order chi connectivity index (χ1) is 11.5. The summed E-state index contributed by atoms with van der Waals surface area (Å²) < 4.78 is 0. The number of amides is 1. The highest BCUT2D eigenvalue weighted by Crippen LogP contribution is 2.11. The number of pyridine rings is 1. The fourth-order valence-electron chi connectivity index (χ4n) is 2.24. The van der Waals surface area contributed by atoms with Gasteiger partial charge >= 0.3 is 0 Å². The smallest absolute Gasteiger partial charge is 0.252 e. The molecule has 0 aliphatic rings. The number of hydrogen-bond acceptors (Lipinski definition) is 3. The molecule has 0 saturated heterocycles. The number of aromatic nitrogens is 1. The van der Waals surface area contributed by atoms with E-state index >= 15 is 0 Å². The van der Waals surface area contributed by atoms with Crippen molar-refractivity contribution in [3.8, 4) is 0 Å². The van der Waals surface area contributed by atoms with Crippen molar-refractivity contribution in [2.75, 3.05) is 18.4 Å². The molecule has 0 fully saturated rings. The van der Waals surface area contributed by atoms with Gasteiger partial charge < -0.3 is 10.6 Å². The normalized spacial score (nSPS) is 10.7. The molecule has 0 spiro atoms. The van der Waals surface area contributed by atoms with Crippen LogP contribution in [0.4, 0.5) is 5.82 Å². The van der Waals surface area contributed by atoms with E-state index in [0.29, 0.717) is 23.0 Å². The second-order valence-corrected chi connectivity index (χ2v) is 6.61. The zero-order valence-electron chi connectivity index (χ0n) is 14.2. The molecule has 1 heterocycles. The predicted octanol–water partition coefficient (Wildman–Crippen LogP) is 4.17. The first-order valence-corrected chi connectivity index (χ1v) is 8.65. The Morgan fingerprint density at radius 3 is 2.71 bits per heavy atom. The lowest BCUT2D eigenvalue weighted by Crippen LogP contribution is -2.25. The van der Waals surface area contributed by atoms with Crippen LogP contribution in [0, 0.1) is 5.92 Å². The molecule has 1 aromatic carbocycles. The van der Waals surface area contributed by atoms with Gasteiger partial charge in [0, 0.05) is 24.3 Å². The van der Waals surface area contributed by atoms with Crippen LogP contribution in [0.5, 0.6) is 0 Å². The molecule has 0 radical (unpaired) electrons. The molecule has 0 aliphatic heterocycles. The summed E-state index contributed by atoms with van der Waals surface area (Å²) in [5.41, 5.74) is 1.67. The third-order valence-corrected chi connectivity index (χ3v) is 3.88. The molecular weight excluding hydrogens is 322 g/mol. The zero-order chi connectivity index (χ0) is 17.4. The van der Waals surface area contributed by atoms with Gasteiger partial charge in [-0.25, -0.2) is 4.98 Å². The van der Waals surface area contributed by atoms with Crippen molar-refractivity contribution < 1.29 is 4.79 Å². The number of nitrogens with one attached hydrogen (secondary N) is 2. The van der Waals surface area contributed by atoms with E-state index in [4.69, 9.17) is 11.6 Å². The maximum atomic E-state index is 12.1. The summed E-state index contributed by atoms with van der Waals surface area (Å²) in [5.74, 6) is 1.34. The van der Waals surface area contributed by atoms with E-state index in [1.807, 2.05) is 30.3 Å². The molecule has 2 rings (SSSR count). The second-order valence-electron chi connectivity index (χ2n) is 6.18. The third kappa shape index (κ3) is 6.20. The zero-order valence-corrected chi connectivity index (χ0v) is 14.9. The summed E-state index contributed by atoms with van der Waals surface area (Å²) in [5, 5.41) is 6.87. The molecule has 0 bridgehead atoms. The second kappa shape index (κ2) is 9.28. The van der Waals surface area contributed by atoms with Gasteiger partial charge in [0.2, 0.25) is 0 Å². The van der Waals surface area contributed by atoms with Gasteiger partial charge in [0.25, 0.3) is 5.91 Å². The van der Waals surface area contributed by atoms with Crippen LogP contribution in [0.1, 0.15) is 36.2 Å². The van der Waals surface area contributed by atoms with Gasteiger partial charge in [-0.3, -0.25) is 4.79 Å². The Hall–Kier alpha value is -2.07. The Bertz CT molecular complexity index is 656. The lowest BCUT2D eigenvalue weighted by Gasteiger charge is -2.09. The number of halogens is 1. The number of nitrogens with zero attached hydrogens (tertiary/aromatic N) is 1. The van der Waals surface area contributed by atoms with Crippen LogP contribution in [0.3, 0.4) is 0 Å². The Balaban J connectivity index is 1.77. The molecule has 2 aromatic rings. The average molecular weight is 346 g/mol. The first-order valence-electron chi connectivity index (χ1n) is 8.27. The molecule has 5 heteroatoms. The largest absolute Gasteiger partial charge is 0.370 e. The number of carbonyl (C=O) groups excluding carboxylic acids is 1. The van der Waals surface area contributed by atoms with Crippen molar-refractivity contribution in [3.63, 3.8) is 0 Å². The molecule has 0 atom stereocenters. The topological polar surface area (TPSA) is 54.0 Å². The molecule has 0 unspecified atom stereocenters. The molecular formula is C19H24ClN3O. The maximum Gasteiger partial charge on any atom is 0.252 e. The van der Waals surface area contributed by atoms with Crippen molar-refractivity contribution in [1.29, 1.82) is 0 Å². The van der Waals surface area contributed by atoms with Gasteiger partial charge in [0.1, 0.15) is 5.82 Å². The summed E-state index contributed by atoms with van der Waals surface area (Å²) in [6.45, 7) is 5.82. The van der Waals surface area contributed by atoms with Crippen molar-refractivity contribution in [3.05, 3.63) is 58.7 Å². The fraction of sp³-hybridized carbons (Fsp3) is 0.368. The summed E-state index contributed by atoms with van der Waals surface area (Å²) in [6, 6.07) is 11.3. The summed E-state index contributed by atoms with van der Waals surface area (Å²) in [7, 11) is 0. The summed E-state index contributed by atoms with van der Waals surface area (Å²) in [4.78, 5) is 16.4. The Morgan fingerprint density at radius 2 is 2.04 bits per heavy atom. The SMILES string of the molecule is CC(C)CCNc1ccc(C(=O)NCCc2cccc(Cl)c2)cn1. The van der Waals surface area contributed by atoms with Crippen molar-refractivity contribution in [2.24, 2.45) is 5.92 Å². The molecule has 24 heavy (non-hydrogen) atoms. The lowest BCUT2D eigenvalue weighted by atomic mass is 10.1. The van der Waals surface area contributed by atoms with Crippen LogP contribution in [-0.2, 0) is 6.42 Å². The van der Waals surface area contributed by atoms with Crippen LogP contribution in [0.25, 0.3) is 0 Å². The van der Waals surface area contributed by atoms with Crippen molar-refractivity contribution >= 4 is 23.3 Å². The Labute approximate surface area is 148 Å². The van der Waals surface area contributed by atoms with Gasteiger partial charge in [-0.2, -0.15) is 0 Å². The standard InChI is InChI=1S/C19H24ClN3O/c1-14(2)8-10-21-18-7-6-16(13-23-18)19(24)22-11-9-15-4-3-5-17(20)12-15/h3-7,12-14H,8-11H2,1-2H3,(H,21,23)(H,22,24). The van der Waals surface area contributed by atoms with Gasteiger partial charge in [0.05, 0.1) is 5.56 Å². The minimum Gasteiger partial charge on any atom is -0.370 e. The molecule has 0 saturated carbocycles. The van der Waals surface area contributed by atoms with Gasteiger partial charge in [-0.1, -0.05) is 37.6 Å². The van der Waals surface area contributed by atoms with Crippen LogP contribution >= 0.6 is 11.6 Å². The minimum absolute atomic E-state index is 0.113. The van der Waals surface area contributed by atoms with Crippen molar-refractivity contribution in [2.45, 2.75) is 26.7 Å². The number of carbonyl (C=O) groups is 1. The summed E-state index contributed by atoms with van der Waals surface area (Å²) >= 11 is 5.95. The molecule has 1 amide bonds. The molecule has 4 nitrogen and oxygen atoms in total. The molecule has 1 aromatic heterocycles. The highest BCUT2D eigenvalue weighted by atomic mass is 35.5. The Kier molecular flexibility index (Phi) is 7.07. The van der Waals surface area contributed by atoms with Crippen LogP contribution < -0.4 is 10.6 Å². The van der Waals surface area contributed by atoms with E-state index in [0.717, 1.165) is 30.8 Å². The van der Waals surface area contributed by atoms with Crippen LogP contribution in [0.15, 0.2) is 42.6 Å². The van der Waals surface area contributed by atoms with E-state index in [9.17, 15) is 4.79 Å². The molecule has 0 aliphatic carbocycles. The average Bonchev–Trinajstić information content (AvgIpc) is 2.55. The minimum atomic E-state index is -0.113. The van der Waals surface area contributed by atoms with Crippen LogP contribution in [-0.4, -0.2) is 24.0 Å². The maximum absolute atomic E-state index is 12.1. The first kappa shape index (κ1) is 18.3. The highest BCUT2D eigenvalue weighted by Gasteiger charge is 2.06. The van der Waals surface area contributed by atoms with E-state index in [2.05, 4.69) is 29.5 Å². The van der Waals surface area contributed by atoms with E-state index in [1.54, 1.807) is 12.3 Å². The predicted molar refractivity (Wildman–Crippen MR) is 99.7 cm³/mol. The fourth-order valence-corrected chi connectivity index (χ4v) is 2.45. The number of rotatable bonds is 8. The van der Waals surface area contributed by atoms with E-state index in [1.165, 1.54) is 0 Å². The van der Waals surface area contributed by atoms with Gasteiger partial charge in [-0.05, 0) is 48.6 Å². The number of hydrogen-bond donors (Lipinski definition) is 2. The van der Waals surface area contributed by atoms with E-state index in [-0.39, 0.29) is 5.91 Å². The monoisotopic (exact) mass is 345 g/mol. The number of benzene rings is 1. The van der Waals surface area contributed by atoms with Crippen LogP contribution in [0.2, 0.25) is 5.02 Å². The Morgan fingerprint density at radius 1 is 1.21 bits per heavy atom. The van der Waals surface area contributed by atoms with E-state index < -0.39 is 0 Å². The van der Waals surface area contributed by atoms with Crippen molar-refractivity contribution in [1.82, 2.24) is 10.3 Å². The molecule has 128 valence electrons. The quantitative estimate of drug-likeness (QED) is 0.755. The lowest BCUT2D eigenvalue weighted by molar-refractivity contribution is 0.0954. The summed E-state index contributed by atoms with van der Waals surface area (Å²) in [6.07, 6.45) is 3.44. The molecule has 2 N–H and O–H groups in total. The number of anilines is 1. The highest BCUT2D eigenvalue weighted by molar-refractivity contribution is 6.30.